The van der Waals surface area contributed by atoms with Gasteiger partial charge in [0.05, 0.1) is 0 Å². The van der Waals surface area contributed by atoms with Gasteiger partial charge in [0.1, 0.15) is 0 Å². The number of nitrogens with zero attached hydrogens (tertiary/aromatic N) is 3. The van der Waals surface area contributed by atoms with E-state index in [1.165, 1.54) is 6.42 Å². The first-order chi connectivity index (χ1) is 12.3. The van der Waals surface area contributed by atoms with Crippen LogP contribution >= 0.6 is 0 Å². The van der Waals surface area contributed by atoms with Crippen LogP contribution in [-0.2, 0) is 0 Å². The summed E-state index contributed by atoms with van der Waals surface area (Å²) in [7, 11) is 0. The number of urea groups is 1. The number of anilines is 1. The lowest BCUT2D eigenvalue weighted by Crippen LogP contribution is -2.49. The first-order valence-electron chi connectivity index (χ1n) is 9.50. The van der Waals surface area contributed by atoms with Gasteiger partial charge in [-0.2, -0.15) is 0 Å². The smallest absolute Gasteiger partial charge is 0.321 e. The molecule has 1 aromatic rings. The third-order valence-electron chi connectivity index (χ3n) is 5.10. The molecule has 2 aliphatic rings. The number of piperazine rings is 1. The minimum atomic E-state index is -0.0953. The minimum Gasteiger partial charge on any atom is -0.336 e. The highest BCUT2D eigenvalue weighted by Gasteiger charge is 2.25. The van der Waals surface area contributed by atoms with Crippen molar-refractivity contribution in [3.63, 3.8) is 0 Å². The van der Waals surface area contributed by atoms with Gasteiger partial charge in [-0.25, -0.2) is 4.79 Å². The fourth-order valence-corrected chi connectivity index (χ4v) is 3.38. The number of carbonyl (C=O) groups excluding carboxylic acids is 2. The van der Waals surface area contributed by atoms with Crippen LogP contribution in [0.4, 0.5) is 10.5 Å². The number of amides is 3. The quantitative estimate of drug-likeness (QED) is 0.899. The molecule has 26 heavy (non-hydrogen) atoms. The molecule has 142 valence electrons. The van der Waals surface area contributed by atoms with Gasteiger partial charge in [0, 0.05) is 50.5 Å². The highest BCUT2D eigenvalue weighted by molar-refractivity contribution is 5.98. The molecule has 0 radical (unpaired) electrons. The van der Waals surface area contributed by atoms with Gasteiger partial charge in [0.2, 0.25) is 0 Å². The molecular formula is C20H30N4O2. The second-order valence-electron chi connectivity index (χ2n) is 8.38. The van der Waals surface area contributed by atoms with Gasteiger partial charge in [-0.15, -0.1) is 0 Å². The zero-order chi connectivity index (χ0) is 18.7. The molecular weight excluding hydrogens is 328 g/mol. The average molecular weight is 358 g/mol. The molecule has 2 heterocycles. The Morgan fingerprint density at radius 1 is 1.12 bits per heavy atom. The summed E-state index contributed by atoms with van der Waals surface area (Å²) >= 11 is 0. The van der Waals surface area contributed by atoms with Crippen molar-refractivity contribution in [2.45, 2.75) is 27.2 Å². The summed E-state index contributed by atoms with van der Waals surface area (Å²) in [6.07, 6.45) is 1.17. The normalized spacial score (nSPS) is 19.0. The fraction of sp³-hybridized carbons (Fsp3) is 0.600. The van der Waals surface area contributed by atoms with Crippen molar-refractivity contribution in [3.8, 4) is 0 Å². The van der Waals surface area contributed by atoms with Crippen LogP contribution in [0.3, 0.4) is 0 Å². The number of hydrogen-bond donors (Lipinski definition) is 1. The molecule has 0 saturated carbocycles. The minimum absolute atomic E-state index is 0.0573. The predicted molar refractivity (Wildman–Crippen MR) is 104 cm³/mol. The Kier molecular flexibility index (Phi) is 5.51. The van der Waals surface area contributed by atoms with E-state index in [1.54, 1.807) is 4.90 Å². The van der Waals surface area contributed by atoms with Crippen molar-refractivity contribution in [2.24, 2.45) is 5.41 Å². The van der Waals surface area contributed by atoms with Crippen LogP contribution in [0, 0.1) is 5.41 Å². The summed E-state index contributed by atoms with van der Waals surface area (Å²) in [5.41, 5.74) is 1.79. The fourth-order valence-electron chi connectivity index (χ4n) is 3.38. The van der Waals surface area contributed by atoms with Crippen LogP contribution in [0.25, 0.3) is 0 Å². The predicted octanol–water partition coefficient (Wildman–Crippen LogP) is 2.41. The van der Waals surface area contributed by atoms with Gasteiger partial charge < -0.3 is 10.2 Å². The maximum Gasteiger partial charge on any atom is 0.321 e. The largest absolute Gasteiger partial charge is 0.336 e. The summed E-state index contributed by atoms with van der Waals surface area (Å²) in [6.45, 7) is 12.5. The first kappa shape index (κ1) is 18.7. The molecule has 0 bridgehead atoms. The second-order valence-corrected chi connectivity index (χ2v) is 8.38. The molecule has 1 aromatic carbocycles. The molecule has 6 nitrogen and oxygen atoms in total. The van der Waals surface area contributed by atoms with Gasteiger partial charge in [-0.1, -0.05) is 26.8 Å². The maximum atomic E-state index is 12.9. The molecule has 3 rings (SSSR count). The lowest BCUT2D eigenvalue weighted by molar-refractivity contribution is 0.0623. The number of carbonyl (C=O) groups is 2. The summed E-state index contributed by atoms with van der Waals surface area (Å²) < 4.78 is 0. The van der Waals surface area contributed by atoms with Crippen LogP contribution in [0.15, 0.2) is 24.3 Å². The van der Waals surface area contributed by atoms with Gasteiger partial charge in [-0.05, 0) is 36.6 Å². The molecule has 0 aromatic heterocycles. The first-order valence-corrected chi connectivity index (χ1v) is 9.50. The van der Waals surface area contributed by atoms with E-state index in [9.17, 15) is 9.59 Å². The molecule has 0 aliphatic carbocycles. The van der Waals surface area contributed by atoms with Crippen molar-refractivity contribution >= 4 is 17.6 Å². The van der Waals surface area contributed by atoms with Crippen LogP contribution in [0.2, 0.25) is 0 Å². The Balaban J connectivity index is 1.58. The summed E-state index contributed by atoms with van der Waals surface area (Å²) in [4.78, 5) is 30.8. The highest BCUT2D eigenvalue weighted by Crippen LogP contribution is 2.21. The molecule has 2 saturated heterocycles. The summed E-state index contributed by atoms with van der Waals surface area (Å²) in [6, 6.07) is 7.31. The van der Waals surface area contributed by atoms with E-state index in [2.05, 4.69) is 31.0 Å². The van der Waals surface area contributed by atoms with Crippen molar-refractivity contribution in [3.05, 3.63) is 29.8 Å². The number of rotatable bonds is 4. The standard InChI is InChI=1S/C20H30N4O2/c1-20(2,3)7-9-22-11-13-23(14-12-22)18(25)16-5-4-6-17(15-16)24-10-8-21-19(24)26/h4-6,15H,7-14H2,1-3H3,(H,21,26). The van der Waals surface area contributed by atoms with Crippen LogP contribution < -0.4 is 10.2 Å². The number of nitrogens with one attached hydrogen (secondary N) is 1. The Morgan fingerprint density at radius 2 is 1.85 bits per heavy atom. The van der Waals surface area contributed by atoms with Crippen molar-refractivity contribution in [1.29, 1.82) is 0 Å². The third kappa shape index (κ3) is 4.55. The van der Waals surface area contributed by atoms with E-state index in [0.717, 1.165) is 38.4 Å². The SMILES string of the molecule is CC(C)(C)CCN1CCN(C(=O)c2cccc(N3CCNC3=O)c2)CC1. The van der Waals surface area contributed by atoms with Gasteiger partial charge >= 0.3 is 6.03 Å². The van der Waals surface area contributed by atoms with Crippen LogP contribution in [-0.4, -0.2) is 67.6 Å². The average Bonchev–Trinajstić information content (AvgIpc) is 3.05. The Bertz CT molecular complexity index is 660. The number of benzene rings is 1. The molecule has 0 unspecified atom stereocenters. The maximum absolute atomic E-state index is 12.9. The van der Waals surface area contributed by atoms with Crippen molar-refractivity contribution < 1.29 is 9.59 Å². The molecule has 6 heteroatoms. The van der Waals surface area contributed by atoms with Crippen molar-refractivity contribution in [2.75, 3.05) is 50.7 Å². The lowest BCUT2D eigenvalue weighted by atomic mass is 9.92. The number of hydrogen-bond acceptors (Lipinski definition) is 3. The lowest BCUT2D eigenvalue weighted by Gasteiger charge is -2.36. The molecule has 2 fully saturated rings. The van der Waals surface area contributed by atoms with Crippen LogP contribution in [0.1, 0.15) is 37.6 Å². The Hall–Kier alpha value is -2.08. The topological polar surface area (TPSA) is 55.9 Å². The Labute approximate surface area is 156 Å². The van der Waals surface area contributed by atoms with Crippen molar-refractivity contribution in [1.82, 2.24) is 15.1 Å². The monoisotopic (exact) mass is 358 g/mol. The zero-order valence-corrected chi connectivity index (χ0v) is 16.1. The Morgan fingerprint density at radius 3 is 2.46 bits per heavy atom. The molecule has 0 spiro atoms. The van der Waals surface area contributed by atoms with Gasteiger partial charge in [0.15, 0.2) is 0 Å². The van der Waals surface area contributed by atoms with E-state index < -0.39 is 0 Å². The molecule has 3 amide bonds. The zero-order valence-electron chi connectivity index (χ0n) is 16.1. The van der Waals surface area contributed by atoms with E-state index in [1.807, 2.05) is 29.2 Å². The molecule has 1 N–H and O–H groups in total. The van der Waals surface area contributed by atoms with Gasteiger partial charge in [0.25, 0.3) is 5.91 Å². The second kappa shape index (κ2) is 7.66. The summed E-state index contributed by atoms with van der Waals surface area (Å²) in [5.74, 6) is 0.0573. The molecule has 0 atom stereocenters. The van der Waals surface area contributed by atoms with Crippen LogP contribution in [0.5, 0.6) is 0 Å². The van der Waals surface area contributed by atoms with E-state index >= 15 is 0 Å². The van der Waals surface area contributed by atoms with Gasteiger partial charge in [-0.3, -0.25) is 14.6 Å². The third-order valence-corrected chi connectivity index (χ3v) is 5.10. The van der Waals surface area contributed by atoms with E-state index in [-0.39, 0.29) is 11.9 Å². The summed E-state index contributed by atoms with van der Waals surface area (Å²) in [5, 5.41) is 2.79. The highest BCUT2D eigenvalue weighted by atomic mass is 16.2. The van der Waals surface area contributed by atoms with E-state index in [4.69, 9.17) is 0 Å². The van der Waals surface area contributed by atoms with E-state index in [0.29, 0.717) is 24.1 Å². The molecule has 2 aliphatic heterocycles.